The molecule has 1 aromatic rings. The fourth-order valence-electron chi connectivity index (χ4n) is 2.28. The van der Waals surface area contributed by atoms with Crippen LogP contribution in [0.1, 0.15) is 25.8 Å². The molecule has 19 heavy (non-hydrogen) atoms. The van der Waals surface area contributed by atoms with Crippen LogP contribution < -0.4 is 9.64 Å². The van der Waals surface area contributed by atoms with Gasteiger partial charge in [-0.15, -0.1) is 0 Å². The molecule has 1 heterocycles. The van der Waals surface area contributed by atoms with Crippen LogP contribution in [0.3, 0.4) is 0 Å². The molecule has 0 amide bonds. The Kier molecular flexibility index (Phi) is 3.98. The quantitative estimate of drug-likeness (QED) is 0.907. The summed E-state index contributed by atoms with van der Waals surface area (Å²) < 4.78 is 6.02. The van der Waals surface area contributed by atoms with Gasteiger partial charge in [-0.25, -0.2) is 0 Å². The van der Waals surface area contributed by atoms with Gasteiger partial charge in [-0.05, 0) is 30.5 Å². The molecule has 0 fully saturated rings. The number of hydrogen-bond acceptors (Lipinski definition) is 3. The van der Waals surface area contributed by atoms with E-state index in [-0.39, 0.29) is 12.5 Å². The van der Waals surface area contributed by atoms with E-state index in [1.165, 1.54) is 0 Å². The smallest absolute Gasteiger partial charge is 0.305 e. The lowest BCUT2D eigenvalue weighted by molar-refractivity contribution is -0.136. The normalized spacial score (nSPS) is 18.1. The fraction of sp³-hybridized carbons (Fsp3) is 0.533. The van der Waals surface area contributed by atoms with Crippen LogP contribution >= 0.6 is 0 Å². The molecule has 0 aliphatic carbocycles. The third kappa shape index (κ3) is 3.19. The molecule has 4 nitrogen and oxygen atoms in total. The second kappa shape index (κ2) is 5.51. The van der Waals surface area contributed by atoms with Crippen molar-refractivity contribution in [3.05, 3.63) is 23.8 Å². The molecule has 1 unspecified atom stereocenters. The molecule has 2 rings (SSSR count). The van der Waals surface area contributed by atoms with Crippen molar-refractivity contribution in [1.29, 1.82) is 0 Å². The summed E-state index contributed by atoms with van der Waals surface area (Å²) in [5, 5.41) is 8.85. The molecular weight excluding hydrogens is 242 g/mol. The fourth-order valence-corrected chi connectivity index (χ4v) is 2.28. The topological polar surface area (TPSA) is 49.8 Å². The van der Waals surface area contributed by atoms with Crippen LogP contribution in [0.4, 0.5) is 5.69 Å². The first-order chi connectivity index (χ1) is 8.97. The number of benzene rings is 1. The van der Waals surface area contributed by atoms with E-state index in [2.05, 4.69) is 18.7 Å². The second-order valence-electron chi connectivity index (χ2n) is 5.46. The number of hydrogen-bond donors (Lipinski definition) is 1. The van der Waals surface area contributed by atoms with Gasteiger partial charge in [0.15, 0.2) is 0 Å². The summed E-state index contributed by atoms with van der Waals surface area (Å²) >= 11 is 0. The van der Waals surface area contributed by atoms with E-state index in [4.69, 9.17) is 9.84 Å². The van der Waals surface area contributed by atoms with Crippen LogP contribution in [-0.4, -0.2) is 30.3 Å². The summed E-state index contributed by atoms with van der Waals surface area (Å²) in [5.41, 5.74) is 2.16. The maximum atomic E-state index is 10.8. The third-order valence-corrected chi connectivity index (χ3v) is 3.47. The number of carboxylic acids is 1. The Bertz CT molecular complexity index is 470. The van der Waals surface area contributed by atoms with Crippen molar-refractivity contribution in [2.75, 3.05) is 18.0 Å². The summed E-state index contributed by atoms with van der Waals surface area (Å²) in [4.78, 5) is 12.9. The lowest BCUT2D eigenvalue weighted by atomic mass is 10.0. The van der Waals surface area contributed by atoms with Crippen LogP contribution in [0.2, 0.25) is 0 Å². The number of aryl methyl sites for hydroxylation is 1. The molecule has 1 aliphatic rings. The average molecular weight is 263 g/mol. The standard InChI is InChI=1S/C15H21NO3/c1-10(2)14-9-16(7-6-15(17)18)12-5-4-11(3)8-13(12)19-14/h4-5,8,10,14H,6-7,9H2,1-3H3,(H,17,18). The van der Waals surface area contributed by atoms with Gasteiger partial charge in [-0.3, -0.25) is 4.79 Å². The van der Waals surface area contributed by atoms with Gasteiger partial charge < -0.3 is 14.7 Å². The predicted molar refractivity (Wildman–Crippen MR) is 74.9 cm³/mol. The molecule has 4 heteroatoms. The number of anilines is 1. The Balaban J connectivity index is 2.25. The number of nitrogens with zero attached hydrogens (tertiary/aromatic N) is 1. The lowest BCUT2D eigenvalue weighted by Gasteiger charge is -2.38. The van der Waals surface area contributed by atoms with Gasteiger partial charge in [0, 0.05) is 6.54 Å². The number of fused-ring (bicyclic) bond motifs is 1. The molecule has 1 aliphatic heterocycles. The molecule has 0 radical (unpaired) electrons. The molecule has 1 aromatic carbocycles. The molecule has 0 saturated carbocycles. The van der Waals surface area contributed by atoms with Crippen molar-refractivity contribution >= 4 is 11.7 Å². The van der Waals surface area contributed by atoms with Crippen LogP contribution in [0, 0.1) is 12.8 Å². The number of rotatable bonds is 4. The minimum Gasteiger partial charge on any atom is -0.486 e. The number of carboxylic acid groups (broad SMARTS) is 1. The molecule has 104 valence electrons. The summed E-state index contributed by atoms with van der Waals surface area (Å²) in [5.74, 6) is 0.512. The van der Waals surface area contributed by atoms with Crippen LogP contribution in [-0.2, 0) is 4.79 Å². The van der Waals surface area contributed by atoms with E-state index < -0.39 is 5.97 Å². The van der Waals surface area contributed by atoms with Crippen molar-refractivity contribution in [1.82, 2.24) is 0 Å². The first-order valence-electron chi connectivity index (χ1n) is 6.71. The zero-order valence-corrected chi connectivity index (χ0v) is 11.7. The van der Waals surface area contributed by atoms with Crippen LogP contribution in [0.5, 0.6) is 5.75 Å². The van der Waals surface area contributed by atoms with Crippen molar-refractivity contribution in [2.45, 2.75) is 33.3 Å². The zero-order valence-electron chi connectivity index (χ0n) is 11.7. The van der Waals surface area contributed by atoms with Crippen LogP contribution in [0.25, 0.3) is 0 Å². The van der Waals surface area contributed by atoms with Gasteiger partial charge in [0.1, 0.15) is 11.9 Å². The number of carbonyl (C=O) groups is 1. The summed E-state index contributed by atoms with van der Waals surface area (Å²) in [6, 6.07) is 6.08. The summed E-state index contributed by atoms with van der Waals surface area (Å²) in [7, 11) is 0. The first-order valence-corrected chi connectivity index (χ1v) is 6.71. The van der Waals surface area contributed by atoms with Gasteiger partial charge in [-0.1, -0.05) is 19.9 Å². The minimum atomic E-state index is -0.763. The number of aliphatic carboxylic acids is 1. The monoisotopic (exact) mass is 263 g/mol. The molecule has 0 bridgehead atoms. The van der Waals surface area contributed by atoms with Gasteiger partial charge in [0.05, 0.1) is 18.7 Å². The van der Waals surface area contributed by atoms with Crippen molar-refractivity contribution in [2.24, 2.45) is 5.92 Å². The van der Waals surface area contributed by atoms with Gasteiger partial charge in [0.2, 0.25) is 0 Å². The highest BCUT2D eigenvalue weighted by Crippen LogP contribution is 2.35. The summed E-state index contributed by atoms with van der Waals surface area (Å²) in [6.45, 7) is 7.56. The van der Waals surface area contributed by atoms with Gasteiger partial charge in [0.25, 0.3) is 0 Å². The highest BCUT2D eigenvalue weighted by Gasteiger charge is 2.27. The minimum absolute atomic E-state index is 0.114. The van der Waals surface area contributed by atoms with E-state index in [0.717, 1.165) is 23.5 Å². The van der Waals surface area contributed by atoms with Gasteiger partial charge in [-0.2, -0.15) is 0 Å². The zero-order chi connectivity index (χ0) is 14.0. The Labute approximate surface area is 114 Å². The highest BCUT2D eigenvalue weighted by atomic mass is 16.5. The maximum absolute atomic E-state index is 10.8. The van der Waals surface area contributed by atoms with E-state index in [0.29, 0.717) is 12.5 Å². The van der Waals surface area contributed by atoms with Crippen molar-refractivity contribution in [3.63, 3.8) is 0 Å². The van der Waals surface area contributed by atoms with E-state index in [1.54, 1.807) is 0 Å². The van der Waals surface area contributed by atoms with Crippen LogP contribution in [0.15, 0.2) is 18.2 Å². The molecule has 1 N–H and O–H groups in total. The predicted octanol–water partition coefficient (Wildman–Crippen LogP) is 2.69. The van der Waals surface area contributed by atoms with Gasteiger partial charge >= 0.3 is 5.97 Å². The second-order valence-corrected chi connectivity index (χ2v) is 5.46. The highest BCUT2D eigenvalue weighted by molar-refractivity contribution is 5.68. The molecular formula is C15H21NO3. The molecule has 0 aromatic heterocycles. The van der Waals surface area contributed by atoms with E-state index in [1.807, 2.05) is 25.1 Å². The largest absolute Gasteiger partial charge is 0.486 e. The molecule has 0 saturated heterocycles. The first kappa shape index (κ1) is 13.7. The van der Waals surface area contributed by atoms with Crippen molar-refractivity contribution < 1.29 is 14.6 Å². The Morgan fingerprint density at radius 3 is 2.89 bits per heavy atom. The Hall–Kier alpha value is -1.71. The lowest BCUT2D eigenvalue weighted by Crippen LogP contribution is -2.43. The number of ether oxygens (including phenoxy) is 1. The third-order valence-electron chi connectivity index (χ3n) is 3.47. The average Bonchev–Trinajstić information content (AvgIpc) is 2.34. The Morgan fingerprint density at radius 2 is 2.26 bits per heavy atom. The molecule has 0 spiro atoms. The maximum Gasteiger partial charge on any atom is 0.305 e. The van der Waals surface area contributed by atoms with E-state index >= 15 is 0 Å². The van der Waals surface area contributed by atoms with Crippen molar-refractivity contribution in [3.8, 4) is 5.75 Å². The summed E-state index contributed by atoms with van der Waals surface area (Å²) in [6.07, 6.45) is 0.265. The Morgan fingerprint density at radius 1 is 1.53 bits per heavy atom. The molecule has 1 atom stereocenters. The SMILES string of the molecule is Cc1ccc2c(c1)OC(C(C)C)CN2CCC(=O)O. The van der Waals surface area contributed by atoms with E-state index in [9.17, 15) is 4.79 Å².